The molecule has 1 fully saturated rings. The number of H-pyrrole nitrogens is 2. The first-order valence-electron chi connectivity index (χ1n) is 10.6. The van der Waals surface area contributed by atoms with Crippen LogP contribution in [-0.2, 0) is 15.9 Å². The quantitative estimate of drug-likeness (QED) is 0.221. The van der Waals surface area contributed by atoms with E-state index in [0.29, 0.717) is 13.0 Å². The fourth-order valence-electron chi connectivity index (χ4n) is 4.07. The van der Waals surface area contributed by atoms with E-state index in [1.807, 2.05) is 30.5 Å². The fraction of sp³-hybridized carbons (Fsp3) is 0.333. The molecule has 13 heteroatoms. The average molecular weight is 469 g/mol. The van der Waals surface area contributed by atoms with Gasteiger partial charge >= 0.3 is 6.09 Å². The summed E-state index contributed by atoms with van der Waals surface area (Å²) in [5, 5.41) is 24.6. The Labute approximate surface area is 191 Å². The molecule has 0 saturated carbocycles. The number of para-hydroxylation sites is 1. The van der Waals surface area contributed by atoms with E-state index in [1.165, 1.54) is 10.9 Å². The van der Waals surface area contributed by atoms with E-state index in [2.05, 4.69) is 25.3 Å². The Morgan fingerprint density at radius 2 is 2.12 bits per heavy atom. The van der Waals surface area contributed by atoms with Crippen LogP contribution in [-0.4, -0.2) is 72.3 Å². The molecule has 7 N–H and O–H groups in total. The summed E-state index contributed by atoms with van der Waals surface area (Å²) in [5.74, 6) is -0.128. The summed E-state index contributed by atoms with van der Waals surface area (Å²) in [5.41, 5.74) is 7.24. The largest absolute Gasteiger partial charge is 0.447 e. The maximum atomic E-state index is 12.1. The number of fused-ring (bicyclic) bond motifs is 2. The van der Waals surface area contributed by atoms with Crippen molar-refractivity contribution in [2.45, 2.75) is 31.0 Å². The van der Waals surface area contributed by atoms with Crippen molar-refractivity contribution < 1.29 is 24.5 Å². The van der Waals surface area contributed by atoms with Crippen LogP contribution in [0.25, 0.3) is 22.1 Å². The van der Waals surface area contributed by atoms with Gasteiger partial charge in [-0.1, -0.05) is 18.2 Å². The van der Waals surface area contributed by atoms with Crippen molar-refractivity contribution in [2.75, 3.05) is 18.9 Å². The number of carbonyl (C=O) groups is 1. The zero-order chi connectivity index (χ0) is 23.8. The molecule has 1 aromatic carbocycles. The normalized spacial score (nSPS) is 22.4. The number of nitrogen functional groups attached to an aromatic ring is 1. The van der Waals surface area contributed by atoms with Crippen molar-refractivity contribution in [1.29, 1.82) is 0 Å². The van der Waals surface area contributed by atoms with Crippen LogP contribution in [0.2, 0.25) is 0 Å². The van der Waals surface area contributed by atoms with Gasteiger partial charge in [0.05, 0.1) is 6.33 Å². The second-order valence-electron chi connectivity index (χ2n) is 7.96. The molecule has 1 aliphatic heterocycles. The molecular weight excluding hydrogens is 446 g/mol. The summed E-state index contributed by atoms with van der Waals surface area (Å²) in [6, 6.07) is 7.88. The Bertz CT molecular complexity index is 1400. The summed E-state index contributed by atoms with van der Waals surface area (Å²) < 4.78 is 12.2. The molecule has 0 aliphatic carbocycles. The number of nitrogens with zero attached hydrogens (tertiary/aromatic N) is 3. The summed E-state index contributed by atoms with van der Waals surface area (Å²) in [6.07, 6.45) is -1.75. The fourth-order valence-corrected chi connectivity index (χ4v) is 4.07. The van der Waals surface area contributed by atoms with Gasteiger partial charge < -0.3 is 35.7 Å². The molecule has 1 amide bonds. The first-order valence-corrected chi connectivity index (χ1v) is 10.6. The summed E-state index contributed by atoms with van der Waals surface area (Å²) in [6.45, 7) is 0.0547. The van der Waals surface area contributed by atoms with Crippen LogP contribution in [0.5, 0.6) is 0 Å². The predicted octanol–water partition coefficient (Wildman–Crippen LogP) is -0.229. The second-order valence-corrected chi connectivity index (χ2v) is 7.96. The highest BCUT2D eigenvalue weighted by Crippen LogP contribution is 2.31. The molecule has 5 rings (SSSR count). The monoisotopic (exact) mass is 469 g/mol. The number of nitrogens with one attached hydrogen (secondary N) is 3. The van der Waals surface area contributed by atoms with Gasteiger partial charge in [0.15, 0.2) is 17.4 Å². The SMILES string of the molecule is Nc1nc2c(ncn2[C@@H]2O[C@H](COC(=O)NCCc3c[nH]c4ccccc34)C(O)C2O)c(=O)[nH]1. The number of carbonyl (C=O) groups excluding carboxylic acids is 1. The average Bonchev–Trinajstić information content (AvgIpc) is 3.50. The minimum atomic E-state index is -1.38. The number of benzene rings is 1. The second kappa shape index (κ2) is 8.78. The number of nitrogens with two attached hydrogens (primary N) is 1. The van der Waals surface area contributed by atoms with Gasteiger partial charge in [-0.3, -0.25) is 14.3 Å². The van der Waals surface area contributed by atoms with Crippen molar-refractivity contribution in [2.24, 2.45) is 0 Å². The zero-order valence-electron chi connectivity index (χ0n) is 17.8. The number of amides is 1. The number of hydrogen-bond acceptors (Lipinski definition) is 9. The molecule has 4 heterocycles. The highest BCUT2D eigenvalue weighted by atomic mass is 16.6. The first-order chi connectivity index (χ1) is 16.4. The Morgan fingerprint density at radius 1 is 1.29 bits per heavy atom. The van der Waals surface area contributed by atoms with Crippen molar-refractivity contribution >= 4 is 34.1 Å². The molecule has 0 bridgehead atoms. The number of aliphatic hydroxyl groups is 2. The van der Waals surface area contributed by atoms with E-state index in [4.69, 9.17) is 15.2 Å². The highest BCUT2D eigenvalue weighted by Gasteiger charge is 2.45. The first kappa shape index (κ1) is 21.9. The maximum absolute atomic E-state index is 12.1. The number of hydrogen-bond donors (Lipinski definition) is 6. The number of aliphatic hydroxyl groups excluding tert-OH is 2. The summed E-state index contributed by atoms with van der Waals surface area (Å²) in [7, 11) is 0. The van der Waals surface area contributed by atoms with E-state index in [-0.39, 0.29) is 23.7 Å². The third-order valence-corrected chi connectivity index (χ3v) is 5.78. The molecule has 4 aromatic rings. The van der Waals surface area contributed by atoms with Crippen molar-refractivity contribution in [3.05, 3.63) is 52.7 Å². The number of aromatic nitrogens is 5. The summed E-state index contributed by atoms with van der Waals surface area (Å²) >= 11 is 0. The lowest BCUT2D eigenvalue weighted by molar-refractivity contribution is -0.0533. The predicted molar refractivity (Wildman–Crippen MR) is 120 cm³/mol. The van der Waals surface area contributed by atoms with Crippen LogP contribution in [0.4, 0.5) is 10.7 Å². The van der Waals surface area contributed by atoms with E-state index in [0.717, 1.165) is 16.5 Å². The van der Waals surface area contributed by atoms with Gasteiger partial charge in [-0.15, -0.1) is 0 Å². The maximum Gasteiger partial charge on any atom is 0.407 e. The van der Waals surface area contributed by atoms with E-state index in [9.17, 15) is 19.8 Å². The number of alkyl carbamates (subject to hydrolysis) is 1. The minimum Gasteiger partial charge on any atom is -0.447 e. The molecule has 178 valence electrons. The number of ether oxygens (including phenoxy) is 2. The Morgan fingerprint density at radius 3 is 2.97 bits per heavy atom. The van der Waals surface area contributed by atoms with Crippen LogP contribution in [0.15, 0.2) is 41.6 Å². The van der Waals surface area contributed by atoms with Gasteiger partial charge in [-0.05, 0) is 18.1 Å². The van der Waals surface area contributed by atoms with Crippen molar-refractivity contribution in [3.63, 3.8) is 0 Å². The Kier molecular flexibility index (Phi) is 5.65. The molecule has 1 saturated heterocycles. The minimum absolute atomic E-state index is 0.00812. The topological polar surface area (TPSA) is 193 Å². The Balaban J connectivity index is 1.17. The number of rotatable bonds is 6. The van der Waals surface area contributed by atoms with E-state index < -0.39 is 36.2 Å². The molecule has 0 spiro atoms. The molecule has 34 heavy (non-hydrogen) atoms. The van der Waals surface area contributed by atoms with Gasteiger partial charge in [-0.25, -0.2) is 9.78 Å². The molecule has 3 aromatic heterocycles. The van der Waals surface area contributed by atoms with Crippen LogP contribution >= 0.6 is 0 Å². The van der Waals surface area contributed by atoms with Gasteiger partial charge in [0.25, 0.3) is 5.56 Å². The molecule has 2 unspecified atom stereocenters. The third kappa shape index (κ3) is 3.96. The van der Waals surface area contributed by atoms with Gasteiger partial charge in [-0.2, -0.15) is 4.98 Å². The molecule has 1 aliphatic rings. The number of anilines is 1. The summed E-state index contributed by atoms with van der Waals surface area (Å²) in [4.78, 5) is 37.6. The number of imidazole rings is 1. The van der Waals surface area contributed by atoms with Gasteiger partial charge in [0, 0.05) is 23.6 Å². The van der Waals surface area contributed by atoms with Gasteiger partial charge in [0.1, 0.15) is 24.9 Å². The van der Waals surface area contributed by atoms with Crippen molar-refractivity contribution in [3.8, 4) is 0 Å². The highest BCUT2D eigenvalue weighted by molar-refractivity contribution is 5.83. The van der Waals surface area contributed by atoms with Crippen LogP contribution < -0.4 is 16.6 Å². The van der Waals surface area contributed by atoms with Crippen LogP contribution in [0, 0.1) is 0 Å². The Hall–Kier alpha value is -3.94. The van der Waals surface area contributed by atoms with Crippen molar-refractivity contribution in [1.82, 2.24) is 29.8 Å². The lowest BCUT2D eigenvalue weighted by atomic mass is 10.1. The smallest absolute Gasteiger partial charge is 0.407 e. The van der Waals surface area contributed by atoms with Gasteiger partial charge in [0.2, 0.25) is 5.95 Å². The number of aromatic amines is 2. The zero-order valence-corrected chi connectivity index (χ0v) is 17.8. The lowest BCUT2D eigenvalue weighted by Crippen LogP contribution is -2.36. The van der Waals surface area contributed by atoms with E-state index >= 15 is 0 Å². The molecule has 4 atom stereocenters. The lowest BCUT2D eigenvalue weighted by Gasteiger charge is -2.16. The van der Waals surface area contributed by atoms with Crippen LogP contribution in [0.3, 0.4) is 0 Å². The molecule has 13 nitrogen and oxygen atoms in total. The third-order valence-electron chi connectivity index (χ3n) is 5.78. The standard InChI is InChI=1S/C21H23N7O6/c22-20-26-17-14(18(31)27-20)25-9-28(17)19-16(30)15(29)13(34-19)8-33-21(32)23-6-5-10-7-24-12-4-2-1-3-11(10)12/h1-4,7,9,13,15-16,19,24,29-30H,5-6,8H2,(H,23,32)(H3,22,26,27,31)/t13-,15?,16?,19-/m1/s1. The molecule has 0 radical (unpaired) electrons. The molecular formula is C21H23N7O6. The van der Waals surface area contributed by atoms with E-state index in [1.54, 1.807) is 0 Å². The van der Waals surface area contributed by atoms with Crippen LogP contribution in [0.1, 0.15) is 11.8 Å².